The Labute approximate surface area is 119 Å². The van der Waals surface area contributed by atoms with Gasteiger partial charge in [-0.15, -0.1) is 0 Å². The van der Waals surface area contributed by atoms with E-state index < -0.39 is 0 Å². The molecule has 3 N–H and O–H groups in total. The third-order valence-electron chi connectivity index (χ3n) is 4.13. The molecule has 0 radical (unpaired) electrons. The van der Waals surface area contributed by atoms with Crippen molar-refractivity contribution in [3.8, 4) is 0 Å². The molecule has 104 valence electrons. The van der Waals surface area contributed by atoms with Gasteiger partial charge in [0.05, 0.1) is 6.04 Å². The lowest BCUT2D eigenvalue weighted by Gasteiger charge is -2.40. The van der Waals surface area contributed by atoms with E-state index in [4.69, 9.17) is 17.3 Å². The van der Waals surface area contributed by atoms with E-state index >= 15 is 0 Å². The van der Waals surface area contributed by atoms with Crippen LogP contribution in [0.15, 0.2) is 24.3 Å². The SMILES string of the molecule is CC(NC(=O)CC1(CN)CCC1)c1ccc(Cl)cc1. The summed E-state index contributed by atoms with van der Waals surface area (Å²) in [6.07, 6.45) is 3.89. The molecule has 0 bridgehead atoms. The lowest BCUT2D eigenvalue weighted by molar-refractivity contribution is -0.125. The number of nitrogens with two attached hydrogens (primary N) is 1. The summed E-state index contributed by atoms with van der Waals surface area (Å²) in [7, 11) is 0. The van der Waals surface area contributed by atoms with Crippen molar-refractivity contribution in [1.82, 2.24) is 5.32 Å². The second-order valence-corrected chi connectivity index (χ2v) is 6.01. The van der Waals surface area contributed by atoms with Crippen molar-refractivity contribution in [2.45, 2.75) is 38.6 Å². The second-order valence-electron chi connectivity index (χ2n) is 5.58. The number of carbonyl (C=O) groups excluding carboxylic acids is 1. The first-order valence-corrected chi connectivity index (χ1v) is 7.17. The first-order valence-electron chi connectivity index (χ1n) is 6.80. The molecule has 1 aliphatic carbocycles. The van der Waals surface area contributed by atoms with Crippen LogP contribution in [0.3, 0.4) is 0 Å². The molecule has 0 aliphatic heterocycles. The van der Waals surface area contributed by atoms with Gasteiger partial charge >= 0.3 is 0 Å². The molecule has 1 amide bonds. The number of hydrogen-bond donors (Lipinski definition) is 2. The van der Waals surface area contributed by atoms with Crippen LogP contribution in [0, 0.1) is 5.41 Å². The van der Waals surface area contributed by atoms with Gasteiger partial charge in [0.25, 0.3) is 0 Å². The van der Waals surface area contributed by atoms with E-state index in [-0.39, 0.29) is 17.4 Å². The molecule has 2 rings (SSSR count). The fourth-order valence-corrected chi connectivity index (χ4v) is 2.72. The van der Waals surface area contributed by atoms with Gasteiger partial charge in [-0.05, 0) is 49.4 Å². The smallest absolute Gasteiger partial charge is 0.221 e. The molecule has 1 unspecified atom stereocenters. The van der Waals surface area contributed by atoms with E-state index in [0.717, 1.165) is 18.4 Å². The van der Waals surface area contributed by atoms with Crippen molar-refractivity contribution in [1.29, 1.82) is 0 Å². The average Bonchev–Trinajstić information content (AvgIpc) is 2.34. The van der Waals surface area contributed by atoms with Crippen LogP contribution >= 0.6 is 11.6 Å². The quantitative estimate of drug-likeness (QED) is 0.871. The topological polar surface area (TPSA) is 55.1 Å². The van der Waals surface area contributed by atoms with Gasteiger partial charge in [0.15, 0.2) is 0 Å². The van der Waals surface area contributed by atoms with Gasteiger partial charge in [-0.3, -0.25) is 4.79 Å². The number of rotatable bonds is 5. The fourth-order valence-electron chi connectivity index (χ4n) is 2.60. The summed E-state index contributed by atoms with van der Waals surface area (Å²) in [6, 6.07) is 7.56. The van der Waals surface area contributed by atoms with Gasteiger partial charge in [-0.1, -0.05) is 30.2 Å². The van der Waals surface area contributed by atoms with Gasteiger partial charge in [0.2, 0.25) is 5.91 Å². The summed E-state index contributed by atoms with van der Waals surface area (Å²) in [5.41, 5.74) is 6.90. The van der Waals surface area contributed by atoms with Gasteiger partial charge in [-0.25, -0.2) is 0 Å². The van der Waals surface area contributed by atoms with Crippen molar-refractivity contribution in [3.05, 3.63) is 34.9 Å². The lowest BCUT2D eigenvalue weighted by atomic mass is 9.66. The highest BCUT2D eigenvalue weighted by atomic mass is 35.5. The summed E-state index contributed by atoms with van der Waals surface area (Å²) in [5.74, 6) is 0.0904. The van der Waals surface area contributed by atoms with E-state index in [9.17, 15) is 4.79 Å². The zero-order valence-corrected chi connectivity index (χ0v) is 12.0. The monoisotopic (exact) mass is 280 g/mol. The number of carbonyl (C=O) groups is 1. The Balaban J connectivity index is 1.89. The van der Waals surface area contributed by atoms with Crippen LogP contribution in [-0.4, -0.2) is 12.5 Å². The number of benzene rings is 1. The summed E-state index contributed by atoms with van der Waals surface area (Å²) < 4.78 is 0. The van der Waals surface area contributed by atoms with E-state index in [1.54, 1.807) is 0 Å². The van der Waals surface area contributed by atoms with Crippen molar-refractivity contribution in [2.24, 2.45) is 11.1 Å². The molecule has 0 heterocycles. The molecule has 1 saturated carbocycles. The molecule has 0 saturated heterocycles. The highest BCUT2D eigenvalue weighted by Crippen LogP contribution is 2.42. The van der Waals surface area contributed by atoms with E-state index in [1.807, 2.05) is 31.2 Å². The third kappa shape index (κ3) is 3.48. The van der Waals surface area contributed by atoms with Crippen LogP contribution in [-0.2, 0) is 4.79 Å². The summed E-state index contributed by atoms with van der Waals surface area (Å²) in [5, 5.41) is 3.74. The predicted molar refractivity (Wildman–Crippen MR) is 78.0 cm³/mol. The minimum Gasteiger partial charge on any atom is -0.350 e. The number of hydrogen-bond acceptors (Lipinski definition) is 2. The predicted octanol–water partition coefficient (Wildman–Crippen LogP) is 3.04. The van der Waals surface area contributed by atoms with Gasteiger partial charge in [-0.2, -0.15) is 0 Å². The molecule has 0 spiro atoms. The molecule has 1 fully saturated rings. The summed E-state index contributed by atoms with van der Waals surface area (Å²) >= 11 is 5.85. The zero-order valence-electron chi connectivity index (χ0n) is 11.3. The maximum Gasteiger partial charge on any atom is 0.221 e. The second kappa shape index (κ2) is 5.93. The third-order valence-corrected chi connectivity index (χ3v) is 4.38. The molecule has 19 heavy (non-hydrogen) atoms. The molecule has 1 aliphatic rings. The highest BCUT2D eigenvalue weighted by molar-refractivity contribution is 6.30. The Kier molecular flexibility index (Phi) is 4.48. The summed E-state index contributed by atoms with van der Waals surface area (Å²) in [4.78, 5) is 12.1. The molecule has 3 nitrogen and oxygen atoms in total. The Hall–Kier alpha value is -1.06. The molecular formula is C15H21ClN2O. The molecule has 1 aromatic rings. The minimum absolute atomic E-state index is 0.000308. The Bertz CT molecular complexity index is 434. The van der Waals surface area contributed by atoms with E-state index in [2.05, 4.69) is 5.32 Å². The molecule has 1 aromatic carbocycles. The minimum atomic E-state index is -0.000308. The number of nitrogens with one attached hydrogen (secondary N) is 1. The number of amides is 1. The normalized spacial score (nSPS) is 18.5. The molecule has 1 atom stereocenters. The van der Waals surface area contributed by atoms with Crippen LogP contribution in [0.25, 0.3) is 0 Å². The molecule has 4 heteroatoms. The Morgan fingerprint density at radius 1 is 1.42 bits per heavy atom. The largest absolute Gasteiger partial charge is 0.350 e. The van der Waals surface area contributed by atoms with Crippen LogP contribution in [0.1, 0.15) is 44.2 Å². The van der Waals surface area contributed by atoms with E-state index in [0.29, 0.717) is 18.0 Å². The van der Waals surface area contributed by atoms with Gasteiger partial charge in [0, 0.05) is 11.4 Å². The van der Waals surface area contributed by atoms with Crippen molar-refractivity contribution in [3.63, 3.8) is 0 Å². The maximum absolute atomic E-state index is 12.1. The van der Waals surface area contributed by atoms with Gasteiger partial charge < -0.3 is 11.1 Å². The number of halogens is 1. The zero-order chi connectivity index (χ0) is 13.9. The molecular weight excluding hydrogens is 260 g/mol. The lowest BCUT2D eigenvalue weighted by Crippen LogP contribution is -2.42. The first-order chi connectivity index (χ1) is 9.04. The van der Waals surface area contributed by atoms with Crippen molar-refractivity contribution in [2.75, 3.05) is 6.54 Å². The van der Waals surface area contributed by atoms with Crippen LogP contribution in [0.4, 0.5) is 0 Å². The standard InChI is InChI=1S/C15H21ClN2O/c1-11(12-3-5-13(16)6-4-12)18-14(19)9-15(10-17)7-2-8-15/h3-6,11H,2,7-10,17H2,1H3,(H,18,19). The summed E-state index contributed by atoms with van der Waals surface area (Å²) in [6.45, 7) is 2.59. The Morgan fingerprint density at radius 2 is 2.05 bits per heavy atom. The van der Waals surface area contributed by atoms with Crippen molar-refractivity contribution < 1.29 is 4.79 Å². The van der Waals surface area contributed by atoms with Gasteiger partial charge in [0.1, 0.15) is 0 Å². The fraction of sp³-hybridized carbons (Fsp3) is 0.533. The van der Waals surface area contributed by atoms with Crippen LogP contribution in [0.5, 0.6) is 0 Å². The van der Waals surface area contributed by atoms with Crippen molar-refractivity contribution >= 4 is 17.5 Å². The first kappa shape index (κ1) is 14.4. The Morgan fingerprint density at radius 3 is 2.53 bits per heavy atom. The van der Waals surface area contributed by atoms with E-state index in [1.165, 1.54) is 6.42 Å². The van der Waals surface area contributed by atoms with Crippen LogP contribution < -0.4 is 11.1 Å². The van der Waals surface area contributed by atoms with Crippen LogP contribution in [0.2, 0.25) is 5.02 Å². The average molecular weight is 281 g/mol. The highest BCUT2D eigenvalue weighted by Gasteiger charge is 2.37. The molecule has 0 aromatic heterocycles. The maximum atomic E-state index is 12.1.